The molecule has 0 N–H and O–H groups in total. The molecule has 0 aromatic rings. The third-order valence-corrected chi connectivity index (χ3v) is 3.57. The van der Waals surface area contributed by atoms with Crippen molar-refractivity contribution >= 4 is 0 Å². The van der Waals surface area contributed by atoms with Crippen molar-refractivity contribution in [2.75, 3.05) is 13.2 Å². The van der Waals surface area contributed by atoms with Crippen molar-refractivity contribution in [1.82, 2.24) is 0 Å². The summed E-state index contributed by atoms with van der Waals surface area (Å²) in [7, 11) is 0. The van der Waals surface area contributed by atoms with Gasteiger partial charge < -0.3 is 4.74 Å². The number of hydrogen-bond acceptors (Lipinski definition) is 1. The zero-order chi connectivity index (χ0) is 9.62. The molecule has 1 fully saturated rings. The molecule has 12 heavy (non-hydrogen) atoms. The molecule has 1 rings (SSSR count). The highest BCUT2D eigenvalue weighted by atomic mass is 16.5. The molecular weight excluding hydrogens is 148 g/mol. The van der Waals surface area contributed by atoms with Crippen LogP contribution < -0.4 is 0 Å². The molecule has 0 atom stereocenters. The molecule has 0 radical (unpaired) electrons. The van der Waals surface area contributed by atoms with Gasteiger partial charge in [-0.1, -0.05) is 41.5 Å². The molecule has 1 saturated heterocycles. The molecule has 0 unspecified atom stereocenters. The minimum absolute atomic E-state index is 0.351. The first-order valence-electron chi connectivity index (χ1n) is 4.78. The zero-order valence-corrected chi connectivity index (χ0v) is 9.32. The van der Waals surface area contributed by atoms with E-state index >= 15 is 0 Å². The smallest absolute Gasteiger partial charge is 0.0554 e. The molecule has 0 aromatic carbocycles. The fourth-order valence-corrected chi connectivity index (χ4v) is 2.30. The minimum Gasteiger partial charge on any atom is -0.380 e. The highest BCUT2D eigenvalue weighted by molar-refractivity contribution is 5.02. The van der Waals surface area contributed by atoms with E-state index in [1.54, 1.807) is 0 Å². The van der Waals surface area contributed by atoms with Crippen molar-refractivity contribution in [3.05, 3.63) is 0 Å². The maximum absolute atomic E-state index is 5.39. The summed E-state index contributed by atoms with van der Waals surface area (Å²) in [4.78, 5) is 0. The Labute approximate surface area is 76.5 Å². The lowest BCUT2D eigenvalue weighted by molar-refractivity contribution is -0.224. The van der Waals surface area contributed by atoms with Gasteiger partial charge in [-0.15, -0.1) is 0 Å². The van der Waals surface area contributed by atoms with Crippen molar-refractivity contribution in [1.29, 1.82) is 0 Å². The van der Waals surface area contributed by atoms with Crippen LogP contribution in [0.1, 0.15) is 41.5 Å². The molecule has 72 valence electrons. The van der Waals surface area contributed by atoms with Gasteiger partial charge >= 0.3 is 0 Å². The van der Waals surface area contributed by atoms with Crippen LogP contribution in [0.4, 0.5) is 0 Å². The number of rotatable bonds is 0. The lowest BCUT2D eigenvalue weighted by atomic mass is 9.53. The third-order valence-electron chi connectivity index (χ3n) is 3.57. The summed E-state index contributed by atoms with van der Waals surface area (Å²) in [5, 5.41) is 0. The van der Waals surface area contributed by atoms with Gasteiger partial charge in [0, 0.05) is 5.41 Å². The van der Waals surface area contributed by atoms with Gasteiger partial charge in [-0.05, 0) is 10.8 Å². The summed E-state index contributed by atoms with van der Waals surface area (Å²) in [5.74, 6) is 0. The molecule has 1 aliphatic heterocycles. The lowest BCUT2D eigenvalue weighted by Crippen LogP contribution is -2.59. The molecule has 0 bridgehead atoms. The maximum Gasteiger partial charge on any atom is 0.0554 e. The fraction of sp³-hybridized carbons (Fsp3) is 1.00. The Bertz CT molecular complexity index is 148. The van der Waals surface area contributed by atoms with E-state index in [0.717, 1.165) is 13.2 Å². The SMILES string of the molecule is CC(C)(C)C1(C(C)(C)C)COC1. The molecule has 0 aliphatic carbocycles. The van der Waals surface area contributed by atoms with Gasteiger partial charge in [0.15, 0.2) is 0 Å². The van der Waals surface area contributed by atoms with E-state index in [1.807, 2.05) is 0 Å². The van der Waals surface area contributed by atoms with Crippen molar-refractivity contribution in [3.8, 4) is 0 Å². The summed E-state index contributed by atoms with van der Waals surface area (Å²) < 4.78 is 5.39. The molecule has 1 nitrogen and oxygen atoms in total. The summed E-state index contributed by atoms with van der Waals surface area (Å²) in [6.07, 6.45) is 0. The normalized spacial score (nSPS) is 23.5. The molecule has 0 aromatic heterocycles. The van der Waals surface area contributed by atoms with Crippen LogP contribution in [0.25, 0.3) is 0 Å². The number of ether oxygens (including phenoxy) is 1. The Morgan fingerprint density at radius 3 is 1.17 bits per heavy atom. The van der Waals surface area contributed by atoms with Crippen LogP contribution in [0.3, 0.4) is 0 Å². The van der Waals surface area contributed by atoms with Crippen LogP contribution in [0.15, 0.2) is 0 Å². The largest absolute Gasteiger partial charge is 0.380 e. The standard InChI is InChI=1S/C11H22O/c1-9(2,3)11(7-12-8-11)10(4,5)6/h7-8H2,1-6H3. The topological polar surface area (TPSA) is 9.23 Å². The van der Waals surface area contributed by atoms with E-state index in [4.69, 9.17) is 4.74 Å². The maximum atomic E-state index is 5.39. The Balaban J connectivity index is 2.92. The van der Waals surface area contributed by atoms with Crippen molar-refractivity contribution in [3.63, 3.8) is 0 Å². The predicted molar refractivity (Wildman–Crippen MR) is 52.2 cm³/mol. The summed E-state index contributed by atoms with van der Waals surface area (Å²) in [5.41, 5.74) is 1.08. The van der Waals surface area contributed by atoms with Crippen LogP contribution in [0.5, 0.6) is 0 Å². The van der Waals surface area contributed by atoms with Gasteiger partial charge in [0.05, 0.1) is 13.2 Å². The summed E-state index contributed by atoms with van der Waals surface area (Å²) in [6.45, 7) is 15.8. The quantitative estimate of drug-likeness (QED) is 0.543. The first-order valence-corrected chi connectivity index (χ1v) is 4.78. The molecule has 0 saturated carbocycles. The van der Waals surface area contributed by atoms with Crippen molar-refractivity contribution in [2.24, 2.45) is 16.2 Å². The third kappa shape index (κ3) is 1.19. The summed E-state index contributed by atoms with van der Waals surface area (Å²) >= 11 is 0. The highest BCUT2D eigenvalue weighted by Gasteiger charge is 2.55. The van der Waals surface area contributed by atoms with Crippen LogP contribution in [-0.2, 0) is 4.74 Å². The Morgan fingerprint density at radius 2 is 1.17 bits per heavy atom. The van der Waals surface area contributed by atoms with E-state index in [0.29, 0.717) is 16.2 Å². The van der Waals surface area contributed by atoms with Crippen LogP contribution in [0, 0.1) is 16.2 Å². The van der Waals surface area contributed by atoms with Gasteiger partial charge in [-0.3, -0.25) is 0 Å². The lowest BCUT2D eigenvalue weighted by Gasteiger charge is -2.58. The van der Waals surface area contributed by atoms with Gasteiger partial charge in [0.2, 0.25) is 0 Å². The Kier molecular flexibility index (Phi) is 2.07. The highest BCUT2D eigenvalue weighted by Crippen LogP contribution is 2.55. The average molecular weight is 170 g/mol. The monoisotopic (exact) mass is 170 g/mol. The van der Waals surface area contributed by atoms with E-state index in [2.05, 4.69) is 41.5 Å². The molecule has 0 spiro atoms. The molecular formula is C11H22O. The van der Waals surface area contributed by atoms with Gasteiger partial charge in [0.25, 0.3) is 0 Å². The van der Waals surface area contributed by atoms with E-state index in [1.165, 1.54) is 0 Å². The van der Waals surface area contributed by atoms with Crippen LogP contribution in [-0.4, -0.2) is 13.2 Å². The second-order valence-corrected chi connectivity index (χ2v) is 6.07. The van der Waals surface area contributed by atoms with Gasteiger partial charge in [0.1, 0.15) is 0 Å². The van der Waals surface area contributed by atoms with Gasteiger partial charge in [-0.25, -0.2) is 0 Å². The molecule has 1 heterocycles. The molecule has 1 heteroatoms. The zero-order valence-electron chi connectivity index (χ0n) is 9.32. The second kappa shape index (κ2) is 2.47. The van der Waals surface area contributed by atoms with E-state index < -0.39 is 0 Å². The molecule has 1 aliphatic rings. The van der Waals surface area contributed by atoms with Crippen molar-refractivity contribution in [2.45, 2.75) is 41.5 Å². The first-order chi connectivity index (χ1) is 5.21. The average Bonchev–Trinajstić information content (AvgIpc) is 1.47. The minimum atomic E-state index is 0.351. The predicted octanol–water partition coefficient (Wildman–Crippen LogP) is 3.10. The second-order valence-electron chi connectivity index (χ2n) is 6.07. The van der Waals surface area contributed by atoms with E-state index in [-0.39, 0.29) is 0 Å². The van der Waals surface area contributed by atoms with Crippen LogP contribution in [0.2, 0.25) is 0 Å². The molecule has 0 amide bonds. The first kappa shape index (κ1) is 10.0. The van der Waals surface area contributed by atoms with Gasteiger partial charge in [-0.2, -0.15) is 0 Å². The van der Waals surface area contributed by atoms with Crippen molar-refractivity contribution < 1.29 is 4.74 Å². The number of hydrogen-bond donors (Lipinski definition) is 0. The summed E-state index contributed by atoms with van der Waals surface area (Å²) in [6, 6.07) is 0. The van der Waals surface area contributed by atoms with Crippen LogP contribution >= 0.6 is 0 Å². The fourth-order valence-electron chi connectivity index (χ4n) is 2.30. The Morgan fingerprint density at radius 1 is 0.833 bits per heavy atom. The van der Waals surface area contributed by atoms with E-state index in [9.17, 15) is 0 Å². The Hall–Kier alpha value is -0.0400.